The van der Waals surface area contributed by atoms with Crippen molar-refractivity contribution in [3.63, 3.8) is 0 Å². The maximum absolute atomic E-state index is 12.6. The predicted molar refractivity (Wildman–Crippen MR) is 83.6 cm³/mol. The highest BCUT2D eigenvalue weighted by Crippen LogP contribution is 2.59. The van der Waals surface area contributed by atoms with Gasteiger partial charge in [-0.15, -0.1) is 0 Å². The smallest absolute Gasteiger partial charge is 0.307 e. The lowest BCUT2D eigenvalue weighted by Gasteiger charge is -2.36. The van der Waals surface area contributed by atoms with E-state index in [-0.39, 0.29) is 11.8 Å². The fourth-order valence-electron chi connectivity index (χ4n) is 3.58. The Bertz CT molecular complexity index is 577. The zero-order valence-corrected chi connectivity index (χ0v) is 13.0. The summed E-state index contributed by atoms with van der Waals surface area (Å²) in [7, 11) is 0. The van der Waals surface area contributed by atoms with Crippen LogP contribution in [-0.4, -0.2) is 48.1 Å². The van der Waals surface area contributed by atoms with Crippen LogP contribution in [0, 0.1) is 17.3 Å². The molecule has 1 amide bonds. The van der Waals surface area contributed by atoms with E-state index in [0.717, 1.165) is 13.1 Å². The Labute approximate surface area is 130 Å². The first-order chi connectivity index (χ1) is 10.4. The maximum Gasteiger partial charge on any atom is 0.307 e. The van der Waals surface area contributed by atoms with Crippen LogP contribution in [0.25, 0.3) is 0 Å². The largest absolute Gasteiger partial charge is 0.481 e. The van der Waals surface area contributed by atoms with E-state index in [1.54, 1.807) is 0 Å². The van der Waals surface area contributed by atoms with Gasteiger partial charge < -0.3 is 14.9 Å². The molecule has 2 aliphatic rings. The molecule has 1 N–H and O–H groups in total. The maximum atomic E-state index is 12.6. The molecule has 0 aromatic heterocycles. The topological polar surface area (TPSA) is 60.9 Å². The Kier molecular flexibility index (Phi) is 3.59. The van der Waals surface area contributed by atoms with Gasteiger partial charge in [0.15, 0.2) is 0 Å². The molecule has 1 heterocycles. The number of carbonyl (C=O) groups excluding carboxylic acids is 1. The lowest BCUT2D eigenvalue weighted by molar-refractivity contribution is -0.142. The fraction of sp³-hybridized carbons (Fsp3) is 0.529. The number of piperazine rings is 1. The second-order valence-corrected chi connectivity index (χ2v) is 6.76. The summed E-state index contributed by atoms with van der Waals surface area (Å²) in [5, 5.41) is 9.22. The van der Waals surface area contributed by atoms with Gasteiger partial charge in [0.25, 0.3) is 0 Å². The zero-order chi connectivity index (χ0) is 15.9. The molecule has 0 unspecified atom stereocenters. The van der Waals surface area contributed by atoms with Crippen LogP contribution in [-0.2, 0) is 9.59 Å². The lowest BCUT2D eigenvalue weighted by atomic mass is 10.1. The highest BCUT2D eigenvalue weighted by Gasteiger charge is 2.66. The molecule has 2 fully saturated rings. The second-order valence-electron chi connectivity index (χ2n) is 6.76. The Morgan fingerprint density at radius 1 is 1.05 bits per heavy atom. The van der Waals surface area contributed by atoms with Crippen LogP contribution in [0.4, 0.5) is 5.69 Å². The molecule has 1 aromatic rings. The molecule has 1 aliphatic heterocycles. The van der Waals surface area contributed by atoms with E-state index >= 15 is 0 Å². The number of carboxylic acid groups (broad SMARTS) is 1. The van der Waals surface area contributed by atoms with Crippen molar-refractivity contribution in [2.75, 3.05) is 31.1 Å². The Balaban J connectivity index is 1.60. The summed E-state index contributed by atoms with van der Waals surface area (Å²) in [4.78, 5) is 27.9. The van der Waals surface area contributed by atoms with Crippen LogP contribution in [0.15, 0.2) is 30.3 Å². The molecule has 1 saturated heterocycles. The van der Waals surface area contributed by atoms with Crippen molar-refractivity contribution >= 4 is 17.6 Å². The summed E-state index contributed by atoms with van der Waals surface area (Å²) in [6.07, 6.45) is 0. The fourth-order valence-corrected chi connectivity index (χ4v) is 3.58. The lowest BCUT2D eigenvalue weighted by Crippen LogP contribution is -2.49. The average molecular weight is 302 g/mol. The number of anilines is 1. The summed E-state index contributed by atoms with van der Waals surface area (Å²) >= 11 is 0. The zero-order valence-electron chi connectivity index (χ0n) is 13.0. The van der Waals surface area contributed by atoms with Crippen LogP contribution in [0.2, 0.25) is 0 Å². The van der Waals surface area contributed by atoms with Crippen molar-refractivity contribution in [2.45, 2.75) is 13.8 Å². The summed E-state index contributed by atoms with van der Waals surface area (Å²) in [5.74, 6) is -1.75. The van der Waals surface area contributed by atoms with Crippen LogP contribution in [0.3, 0.4) is 0 Å². The minimum Gasteiger partial charge on any atom is -0.481 e. The van der Waals surface area contributed by atoms with Crippen molar-refractivity contribution in [1.29, 1.82) is 0 Å². The van der Waals surface area contributed by atoms with Crippen molar-refractivity contribution < 1.29 is 14.7 Å². The highest BCUT2D eigenvalue weighted by molar-refractivity contribution is 5.91. The predicted octanol–water partition coefficient (Wildman–Crippen LogP) is 1.69. The van der Waals surface area contributed by atoms with Crippen LogP contribution in [0.1, 0.15) is 13.8 Å². The first kappa shape index (κ1) is 14.9. The Hall–Kier alpha value is -2.04. The van der Waals surface area contributed by atoms with E-state index < -0.39 is 17.3 Å². The average Bonchev–Trinajstić information content (AvgIpc) is 3.10. The molecular weight excluding hydrogens is 280 g/mol. The van der Waals surface area contributed by atoms with E-state index in [4.69, 9.17) is 0 Å². The molecule has 0 spiro atoms. The number of nitrogens with zero attached hydrogens (tertiary/aromatic N) is 2. The quantitative estimate of drug-likeness (QED) is 0.923. The summed E-state index contributed by atoms with van der Waals surface area (Å²) < 4.78 is 0. The van der Waals surface area contributed by atoms with Gasteiger partial charge in [0.1, 0.15) is 0 Å². The van der Waals surface area contributed by atoms with Crippen molar-refractivity contribution in [1.82, 2.24) is 4.90 Å². The number of aliphatic carboxylic acids is 1. The molecular formula is C17H22N2O3. The highest BCUT2D eigenvalue weighted by atomic mass is 16.4. The van der Waals surface area contributed by atoms with Crippen molar-refractivity contribution in [3.05, 3.63) is 30.3 Å². The number of amides is 1. The number of carbonyl (C=O) groups is 2. The number of para-hydroxylation sites is 1. The normalized spacial score (nSPS) is 26.6. The Morgan fingerprint density at radius 2 is 1.64 bits per heavy atom. The minimum absolute atomic E-state index is 0.00473. The van der Waals surface area contributed by atoms with E-state index in [0.29, 0.717) is 13.1 Å². The van der Waals surface area contributed by atoms with Crippen LogP contribution >= 0.6 is 0 Å². The first-order valence-electron chi connectivity index (χ1n) is 7.74. The SMILES string of the molecule is CC1(C)[C@H](C(=O)O)[C@H]1C(=O)N1CCN(c2ccccc2)CC1. The van der Waals surface area contributed by atoms with Crippen LogP contribution < -0.4 is 4.90 Å². The first-order valence-corrected chi connectivity index (χ1v) is 7.74. The molecule has 5 nitrogen and oxygen atoms in total. The van der Waals surface area contributed by atoms with Crippen molar-refractivity contribution in [2.24, 2.45) is 17.3 Å². The van der Waals surface area contributed by atoms with E-state index in [9.17, 15) is 14.7 Å². The van der Waals surface area contributed by atoms with Gasteiger partial charge in [-0.05, 0) is 17.5 Å². The Morgan fingerprint density at radius 3 is 2.14 bits per heavy atom. The monoisotopic (exact) mass is 302 g/mol. The summed E-state index contributed by atoms with van der Waals surface area (Å²) in [5.41, 5.74) is 0.754. The van der Waals surface area contributed by atoms with Gasteiger partial charge in [-0.25, -0.2) is 0 Å². The van der Waals surface area contributed by atoms with Crippen LogP contribution in [0.5, 0.6) is 0 Å². The standard InChI is InChI=1S/C17H22N2O3/c1-17(2)13(14(17)16(21)22)15(20)19-10-8-18(9-11-19)12-6-4-3-5-7-12/h3-7,13-14H,8-11H2,1-2H3,(H,21,22)/t13-,14-/m0/s1. The molecule has 1 aromatic carbocycles. The molecule has 22 heavy (non-hydrogen) atoms. The number of hydrogen-bond acceptors (Lipinski definition) is 3. The van der Waals surface area contributed by atoms with E-state index in [2.05, 4.69) is 17.0 Å². The third-order valence-electron chi connectivity index (χ3n) is 5.07. The molecule has 2 atom stereocenters. The van der Waals surface area contributed by atoms with Gasteiger partial charge in [-0.2, -0.15) is 0 Å². The number of rotatable bonds is 3. The number of hydrogen-bond donors (Lipinski definition) is 1. The van der Waals surface area contributed by atoms with Crippen molar-refractivity contribution in [3.8, 4) is 0 Å². The number of carboxylic acids is 1. The molecule has 1 saturated carbocycles. The molecule has 1 aliphatic carbocycles. The minimum atomic E-state index is -0.855. The van der Waals surface area contributed by atoms with Gasteiger partial charge in [0.2, 0.25) is 5.91 Å². The van der Waals surface area contributed by atoms with E-state index in [1.165, 1.54) is 5.69 Å². The van der Waals surface area contributed by atoms with E-state index in [1.807, 2.05) is 36.9 Å². The molecule has 118 valence electrons. The number of benzene rings is 1. The molecule has 0 bridgehead atoms. The van der Waals surface area contributed by atoms with Gasteiger partial charge in [-0.1, -0.05) is 32.0 Å². The van der Waals surface area contributed by atoms with Gasteiger partial charge >= 0.3 is 5.97 Å². The third kappa shape index (κ3) is 2.45. The van der Waals surface area contributed by atoms with Gasteiger partial charge in [-0.3, -0.25) is 9.59 Å². The molecule has 0 radical (unpaired) electrons. The second kappa shape index (κ2) is 5.30. The summed E-state index contributed by atoms with van der Waals surface area (Å²) in [6, 6.07) is 10.2. The van der Waals surface area contributed by atoms with Gasteiger partial charge in [0.05, 0.1) is 11.8 Å². The molecule has 3 rings (SSSR count). The summed E-state index contributed by atoms with van der Waals surface area (Å²) in [6.45, 7) is 6.64. The third-order valence-corrected chi connectivity index (χ3v) is 5.07. The molecule has 5 heteroatoms. The van der Waals surface area contributed by atoms with Gasteiger partial charge in [0, 0.05) is 31.9 Å².